The number of nitroso groups, excluding NO2 is 1. The number of hydrogen-bond acceptors (Lipinski definition) is 2. The summed E-state index contributed by atoms with van der Waals surface area (Å²) < 4.78 is 0. The summed E-state index contributed by atoms with van der Waals surface area (Å²) in [6, 6.07) is 0. The van der Waals surface area contributed by atoms with Gasteiger partial charge in [-0.2, -0.15) is 4.91 Å². The van der Waals surface area contributed by atoms with E-state index in [-0.39, 0.29) is 6.54 Å². The lowest BCUT2D eigenvalue weighted by Crippen LogP contribution is -1.72. The van der Waals surface area contributed by atoms with Crippen LogP contribution in [0.3, 0.4) is 0 Å². The van der Waals surface area contributed by atoms with E-state index in [1.54, 1.807) is 12.2 Å². The number of hydrogen-bond donors (Lipinski definition) is 0. The normalized spacial score (nSPS) is 11.9. The van der Waals surface area contributed by atoms with Crippen LogP contribution in [0.1, 0.15) is 6.92 Å². The summed E-state index contributed by atoms with van der Waals surface area (Å²) in [5, 5.41) is 2.70. The van der Waals surface area contributed by atoms with Crippen molar-refractivity contribution in [3.63, 3.8) is 0 Å². The molecule has 2 nitrogen and oxygen atoms in total. The highest BCUT2D eigenvalue weighted by Crippen LogP contribution is 1.93. The van der Waals surface area contributed by atoms with Crippen molar-refractivity contribution in [3.8, 4) is 0 Å². The van der Waals surface area contributed by atoms with Gasteiger partial charge in [0.1, 0.15) is 0 Å². The van der Waals surface area contributed by atoms with Gasteiger partial charge in [-0.1, -0.05) is 41.6 Å². The van der Waals surface area contributed by atoms with E-state index in [4.69, 9.17) is 0 Å². The summed E-state index contributed by atoms with van der Waals surface area (Å²) in [5.74, 6) is 0. The smallest absolute Gasteiger partial charge is 0.0997 e. The Morgan fingerprint density at radius 3 is 2.90 bits per heavy atom. The highest BCUT2D eigenvalue weighted by atomic mass is 16.3. The fourth-order valence-electron chi connectivity index (χ4n) is 0.469. The van der Waals surface area contributed by atoms with Crippen LogP contribution in [0.2, 0.25) is 0 Å². The second-order valence-corrected chi connectivity index (χ2v) is 1.85. The average Bonchev–Trinajstić information content (AvgIpc) is 1.97. The minimum absolute atomic E-state index is 0.243. The Balaban J connectivity index is 3.80. The van der Waals surface area contributed by atoms with E-state index in [0.29, 0.717) is 0 Å². The lowest BCUT2D eigenvalue weighted by Gasteiger charge is -1.85. The van der Waals surface area contributed by atoms with Gasteiger partial charge in [-0.25, -0.2) is 0 Å². The summed E-state index contributed by atoms with van der Waals surface area (Å²) >= 11 is 0. The monoisotopic (exact) mass is 137 g/mol. The van der Waals surface area contributed by atoms with Crippen LogP contribution in [-0.4, -0.2) is 6.54 Å². The molecule has 0 amide bonds. The second kappa shape index (κ2) is 5.95. The fraction of sp³-hybridized carbons (Fsp3) is 0.250. The number of nitrogens with zero attached hydrogens (tertiary/aromatic N) is 1. The van der Waals surface area contributed by atoms with Crippen molar-refractivity contribution in [1.29, 1.82) is 0 Å². The van der Waals surface area contributed by atoms with Crippen molar-refractivity contribution in [2.75, 3.05) is 6.54 Å². The van der Waals surface area contributed by atoms with Crippen molar-refractivity contribution >= 4 is 0 Å². The molecule has 0 heterocycles. The largest absolute Gasteiger partial charge is 0.150 e. The standard InChI is InChI=1S/C8H11NO/c1-3-4-5-8(2)6-7-9-10/h3-6H,1,7H2,2H3/b5-4-,8-6-. The Morgan fingerprint density at radius 2 is 2.40 bits per heavy atom. The third kappa shape index (κ3) is 4.97. The van der Waals surface area contributed by atoms with Crippen LogP contribution in [-0.2, 0) is 0 Å². The van der Waals surface area contributed by atoms with E-state index in [2.05, 4.69) is 11.8 Å². The van der Waals surface area contributed by atoms with Gasteiger partial charge < -0.3 is 0 Å². The Bertz CT molecular complexity index is 168. The lowest BCUT2D eigenvalue weighted by atomic mass is 10.2. The van der Waals surface area contributed by atoms with Crippen molar-refractivity contribution in [1.82, 2.24) is 0 Å². The number of allylic oxidation sites excluding steroid dienone is 4. The first-order valence-electron chi connectivity index (χ1n) is 3.06. The van der Waals surface area contributed by atoms with Crippen molar-refractivity contribution in [2.24, 2.45) is 5.18 Å². The van der Waals surface area contributed by atoms with Crippen LogP contribution >= 0.6 is 0 Å². The quantitative estimate of drug-likeness (QED) is 0.432. The van der Waals surface area contributed by atoms with Crippen LogP contribution in [0.25, 0.3) is 0 Å². The van der Waals surface area contributed by atoms with Gasteiger partial charge in [0.15, 0.2) is 0 Å². The molecular weight excluding hydrogens is 126 g/mol. The zero-order valence-corrected chi connectivity index (χ0v) is 6.08. The molecule has 0 aliphatic heterocycles. The maximum atomic E-state index is 9.64. The van der Waals surface area contributed by atoms with E-state index >= 15 is 0 Å². The topological polar surface area (TPSA) is 29.4 Å². The lowest BCUT2D eigenvalue weighted by molar-refractivity contribution is 1.20. The zero-order valence-electron chi connectivity index (χ0n) is 6.08. The predicted octanol–water partition coefficient (Wildman–Crippen LogP) is 2.44. The van der Waals surface area contributed by atoms with Crippen LogP contribution in [0.4, 0.5) is 0 Å². The Labute approximate surface area is 60.9 Å². The Hall–Kier alpha value is -1.18. The van der Waals surface area contributed by atoms with E-state index in [1.807, 2.05) is 19.1 Å². The molecule has 0 aromatic rings. The van der Waals surface area contributed by atoms with Crippen molar-refractivity contribution in [3.05, 3.63) is 41.4 Å². The van der Waals surface area contributed by atoms with Gasteiger partial charge in [0.05, 0.1) is 6.54 Å². The average molecular weight is 137 g/mol. The first kappa shape index (κ1) is 8.82. The summed E-state index contributed by atoms with van der Waals surface area (Å²) in [5.41, 5.74) is 1.03. The van der Waals surface area contributed by atoms with Gasteiger partial charge in [-0.15, -0.1) is 0 Å². The van der Waals surface area contributed by atoms with Gasteiger partial charge in [0, 0.05) is 0 Å². The molecule has 0 aliphatic rings. The third-order valence-corrected chi connectivity index (χ3v) is 0.983. The van der Waals surface area contributed by atoms with E-state index < -0.39 is 0 Å². The molecule has 2 heteroatoms. The van der Waals surface area contributed by atoms with E-state index in [1.165, 1.54) is 0 Å². The molecule has 0 atom stereocenters. The molecule has 0 spiro atoms. The predicted molar refractivity (Wildman–Crippen MR) is 43.8 cm³/mol. The third-order valence-electron chi connectivity index (χ3n) is 0.983. The van der Waals surface area contributed by atoms with Crippen LogP contribution in [0.15, 0.2) is 41.6 Å². The van der Waals surface area contributed by atoms with Crippen molar-refractivity contribution < 1.29 is 0 Å². The second-order valence-electron chi connectivity index (χ2n) is 1.85. The highest BCUT2D eigenvalue weighted by Gasteiger charge is 1.78. The number of rotatable bonds is 4. The molecule has 0 aromatic heterocycles. The molecule has 0 saturated heterocycles. The minimum atomic E-state index is 0.243. The maximum Gasteiger partial charge on any atom is 0.0997 e. The Morgan fingerprint density at radius 1 is 1.70 bits per heavy atom. The molecule has 0 aromatic carbocycles. The Kier molecular flexibility index (Phi) is 5.25. The first-order valence-corrected chi connectivity index (χ1v) is 3.06. The molecule has 0 unspecified atom stereocenters. The van der Waals surface area contributed by atoms with Gasteiger partial charge >= 0.3 is 0 Å². The molecule has 0 fully saturated rings. The fourth-order valence-corrected chi connectivity index (χ4v) is 0.469. The molecule has 10 heavy (non-hydrogen) atoms. The molecule has 0 N–H and O–H groups in total. The summed E-state index contributed by atoms with van der Waals surface area (Å²) in [4.78, 5) is 9.64. The first-order chi connectivity index (χ1) is 4.81. The minimum Gasteiger partial charge on any atom is -0.150 e. The molecule has 0 rings (SSSR count). The van der Waals surface area contributed by atoms with Crippen LogP contribution in [0.5, 0.6) is 0 Å². The molecule has 54 valence electrons. The van der Waals surface area contributed by atoms with Crippen LogP contribution < -0.4 is 0 Å². The summed E-state index contributed by atoms with van der Waals surface area (Å²) in [6.07, 6.45) is 7.13. The molecule has 0 aliphatic carbocycles. The maximum absolute atomic E-state index is 9.64. The van der Waals surface area contributed by atoms with Gasteiger partial charge in [-0.05, 0) is 6.92 Å². The van der Waals surface area contributed by atoms with E-state index in [9.17, 15) is 4.91 Å². The van der Waals surface area contributed by atoms with Gasteiger partial charge in [0.25, 0.3) is 0 Å². The van der Waals surface area contributed by atoms with Gasteiger partial charge in [-0.3, -0.25) is 0 Å². The molecular formula is C8H11NO. The summed E-state index contributed by atoms with van der Waals surface area (Å²) in [7, 11) is 0. The summed E-state index contributed by atoms with van der Waals surface area (Å²) in [6.45, 7) is 5.67. The van der Waals surface area contributed by atoms with Crippen LogP contribution in [0, 0.1) is 4.91 Å². The SMILES string of the molecule is C=C/C=C\C(C)=C/CN=O. The molecule has 0 saturated carbocycles. The van der Waals surface area contributed by atoms with E-state index in [0.717, 1.165) is 5.57 Å². The highest BCUT2D eigenvalue weighted by molar-refractivity contribution is 5.19. The van der Waals surface area contributed by atoms with Gasteiger partial charge in [0.2, 0.25) is 0 Å². The molecule has 0 bridgehead atoms. The molecule has 0 radical (unpaired) electrons. The zero-order chi connectivity index (χ0) is 7.82. The van der Waals surface area contributed by atoms with Crippen molar-refractivity contribution in [2.45, 2.75) is 6.92 Å².